The molecule has 3 aliphatic heterocycles. The van der Waals surface area contributed by atoms with Gasteiger partial charge in [0, 0.05) is 19.1 Å². The molecule has 172 valence electrons. The fourth-order valence-corrected chi connectivity index (χ4v) is 4.28. The molecule has 0 aliphatic carbocycles. The minimum atomic E-state index is -0.651. The van der Waals surface area contributed by atoms with Crippen LogP contribution in [0.25, 0.3) is 0 Å². The van der Waals surface area contributed by atoms with E-state index in [0.29, 0.717) is 30.9 Å². The molecule has 4 atom stereocenters. The summed E-state index contributed by atoms with van der Waals surface area (Å²) >= 11 is 0. The van der Waals surface area contributed by atoms with Crippen molar-refractivity contribution in [2.45, 2.75) is 78.2 Å². The summed E-state index contributed by atoms with van der Waals surface area (Å²) in [4.78, 5) is 48.1. The zero-order chi connectivity index (χ0) is 23.6. The van der Waals surface area contributed by atoms with E-state index in [9.17, 15) is 19.2 Å². The summed E-state index contributed by atoms with van der Waals surface area (Å²) in [6.07, 6.45) is 2.39. The first-order valence-corrected chi connectivity index (χ1v) is 10.9. The Balaban J connectivity index is 0.000000225. The number of quaternary nitrogens is 1. The lowest BCUT2D eigenvalue weighted by atomic mass is 10.2. The Morgan fingerprint density at radius 3 is 2.19 bits per heavy atom. The molecule has 0 aromatic rings. The van der Waals surface area contributed by atoms with Crippen molar-refractivity contribution in [3.05, 3.63) is 24.3 Å². The van der Waals surface area contributed by atoms with Gasteiger partial charge >= 0.3 is 11.8 Å². The monoisotopic (exact) mass is 435 g/mol. The molecule has 3 aliphatic rings. The summed E-state index contributed by atoms with van der Waals surface area (Å²) in [5.74, 6) is -0.651. The summed E-state index contributed by atoms with van der Waals surface area (Å²) in [5, 5.41) is 0. The standard InChI is InChI=1S/C13H20NO3.C10H15NO3/c1-5-6-10(3)17-13(4)8-14(13)11(15)7-9(2)12(14)16;1-4-14-6-8(3)11-9(12)5-7(2)10(11)13/h10H,2,5-8H2,1,3-4H3;8H,2,4-6H2,1,3H3/q+1;. The largest absolute Gasteiger partial charge is 0.380 e. The predicted molar refractivity (Wildman–Crippen MR) is 114 cm³/mol. The third-order valence-corrected chi connectivity index (χ3v) is 5.98. The van der Waals surface area contributed by atoms with E-state index in [0.717, 1.165) is 12.8 Å². The van der Waals surface area contributed by atoms with Gasteiger partial charge in [0.05, 0.1) is 37.2 Å². The van der Waals surface area contributed by atoms with Gasteiger partial charge in [-0.1, -0.05) is 26.5 Å². The number of likely N-dealkylation sites (tertiary alicyclic amines) is 1. The molecule has 1 spiro atoms. The number of imide groups is 2. The number of hydrogen-bond acceptors (Lipinski definition) is 6. The van der Waals surface area contributed by atoms with Crippen molar-refractivity contribution in [2.24, 2.45) is 0 Å². The summed E-state index contributed by atoms with van der Waals surface area (Å²) in [5.41, 5.74) is 0.145. The quantitative estimate of drug-likeness (QED) is 0.252. The van der Waals surface area contributed by atoms with Crippen LogP contribution >= 0.6 is 0 Å². The molecule has 31 heavy (non-hydrogen) atoms. The van der Waals surface area contributed by atoms with Crippen molar-refractivity contribution in [2.75, 3.05) is 19.8 Å². The molecular formula is C23H35N2O6+. The molecule has 0 N–H and O–H groups in total. The molecular weight excluding hydrogens is 400 g/mol. The lowest BCUT2D eigenvalue weighted by Crippen LogP contribution is -2.42. The van der Waals surface area contributed by atoms with Crippen molar-refractivity contribution >= 4 is 23.6 Å². The maximum atomic E-state index is 12.0. The molecule has 0 aromatic carbocycles. The van der Waals surface area contributed by atoms with Crippen LogP contribution in [0, 0.1) is 0 Å². The topological polar surface area (TPSA) is 90.0 Å². The maximum Gasteiger partial charge on any atom is 0.352 e. The van der Waals surface area contributed by atoms with Gasteiger partial charge in [0.2, 0.25) is 5.91 Å². The van der Waals surface area contributed by atoms with E-state index in [1.54, 1.807) is 6.92 Å². The summed E-state index contributed by atoms with van der Waals surface area (Å²) in [7, 11) is 0. The molecule has 4 amide bonds. The highest BCUT2D eigenvalue weighted by molar-refractivity contribution is 6.13. The van der Waals surface area contributed by atoms with Gasteiger partial charge < -0.3 is 9.47 Å². The van der Waals surface area contributed by atoms with Crippen LogP contribution in [0.2, 0.25) is 0 Å². The molecule has 0 bridgehead atoms. The van der Waals surface area contributed by atoms with Crippen LogP contribution in [-0.2, 0) is 28.7 Å². The lowest BCUT2D eigenvalue weighted by Gasteiger charge is -2.21. The van der Waals surface area contributed by atoms with E-state index in [1.807, 2.05) is 20.8 Å². The van der Waals surface area contributed by atoms with Crippen molar-refractivity contribution < 1.29 is 33.1 Å². The normalized spacial score (nSPS) is 29.5. The van der Waals surface area contributed by atoms with Crippen LogP contribution in [0.5, 0.6) is 0 Å². The number of carbonyl (C=O) groups excluding carboxylic acids is 4. The average Bonchev–Trinajstić information content (AvgIpc) is 3.13. The fraction of sp³-hybridized carbons (Fsp3) is 0.652. The van der Waals surface area contributed by atoms with Crippen LogP contribution in [0.1, 0.15) is 60.3 Å². The molecule has 0 radical (unpaired) electrons. The molecule has 4 unspecified atom stereocenters. The SMILES string of the molecule is C=C1CC(=O)N(C(C)COCC)C1=O.C=C1CC(=O)[N+]2(CC2(C)OC(C)CCC)C1=O. The lowest BCUT2D eigenvalue weighted by molar-refractivity contribution is -0.689. The molecule has 0 saturated carbocycles. The molecule has 3 rings (SSSR count). The average molecular weight is 436 g/mol. The zero-order valence-corrected chi connectivity index (χ0v) is 19.4. The highest BCUT2D eigenvalue weighted by atomic mass is 16.6. The highest BCUT2D eigenvalue weighted by Crippen LogP contribution is 2.50. The Morgan fingerprint density at radius 2 is 1.74 bits per heavy atom. The van der Waals surface area contributed by atoms with Gasteiger partial charge in [-0.25, -0.2) is 9.59 Å². The Hall–Kier alpha value is -2.16. The number of carbonyl (C=O) groups is 4. The molecule has 3 heterocycles. The predicted octanol–water partition coefficient (Wildman–Crippen LogP) is 2.48. The Labute approximate surface area is 184 Å². The van der Waals surface area contributed by atoms with Crippen molar-refractivity contribution in [3.8, 4) is 0 Å². The second-order valence-electron chi connectivity index (χ2n) is 8.70. The van der Waals surface area contributed by atoms with E-state index < -0.39 is 5.72 Å². The van der Waals surface area contributed by atoms with Crippen LogP contribution in [0.4, 0.5) is 0 Å². The van der Waals surface area contributed by atoms with Gasteiger partial charge in [0.15, 0.2) is 6.54 Å². The Bertz CT molecular complexity index is 806. The van der Waals surface area contributed by atoms with Gasteiger partial charge in [-0.15, -0.1) is 0 Å². The van der Waals surface area contributed by atoms with Gasteiger partial charge in [0.1, 0.15) is 0 Å². The summed E-state index contributed by atoms with van der Waals surface area (Å²) in [6.45, 7) is 18.3. The maximum absolute atomic E-state index is 12.0. The minimum Gasteiger partial charge on any atom is -0.380 e. The van der Waals surface area contributed by atoms with Gasteiger partial charge in [-0.05, 0) is 27.2 Å². The Kier molecular flexibility index (Phi) is 7.73. The molecule has 3 saturated heterocycles. The van der Waals surface area contributed by atoms with Gasteiger partial charge in [-0.2, -0.15) is 4.48 Å². The second-order valence-corrected chi connectivity index (χ2v) is 8.70. The van der Waals surface area contributed by atoms with E-state index >= 15 is 0 Å². The van der Waals surface area contributed by atoms with E-state index in [4.69, 9.17) is 9.47 Å². The number of ether oxygens (including phenoxy) is 2. The van der Waals surface area contributed by atoms with Crippen LogP contribution in [0.15, 0.2) is 24.3 Å². The van der Waals surface area contributed by atoms with Gasteiger partial charge in [-0.3, -0.25) is 14.5 Å². The number of amides is 4. The molecule has 3 fully saturated rings. The smallest absolute Gasteiger partial charge is 0.352 e. The van der Waals surface area contributed by atoms with Crippen LogP contribution < -0.4 is 0 Å². The first-order valence-electron chi connectivity index (χ1n) is 10.9. The van der Waals surface area contributed by atoms with Crippen LogP contribution in [0.3, 0.4) is 0 Å². The van der Waals surface area contributed by atoms with Crippen LogP contribution in [-0.4, -0.2) is 70.6 Å². The summed E-state index contributed by atoms with van der Waals surface area (Å²) in [6, 6.07) is -0.200. The zero-order valence-electron chi connectivity index (χ0n) is 19.4. The van der Waals surface area contributed by atoms with E-state index in [-0.39, 0.29) is 53.1 Å². The molecule has 8 heteroatoms. The molecule has 8 nitrogen and oxygen atoms in total. The second kappa shape index (κ2) is 9.54. The highest BCUT2D eigenvalue weighted by Gasteiger charge is 2.80. The summed E-state index contributed by atoms with van der Waals surface area (Å²) < 4.78 is 10.9. The van der Waals surface area contributed by atoms with Crippen molar-refractivity contribution in [1.82, 2.24) is 4.90 Å². The van der Waals surface area contributed by atoms with E-state index in [2.05, 4.69) is 20.1 Å². The molecule has 0 aromatic heterocycles. The Morgan fingerprint density at radius 1 is 1.10 bits per heavy atom. The first kappa shape index (κ1) is 25.1. The third kappa shape index (κ3) is 4.71. The van der Waals surface area contributed by atoms with Gasteiger partial charge in [0.25, 0.3) is 11.6 Å². The van der Waals surface area contributed by atoms with Crippen molar-refractivity contribution in [1.29, 1.82) is 0 Å². The fourth-order valence-electron chi connectivity index (χ4n) is 4.28. The third-order valence-electron chi connectivity index (χ3n) is 5.98. The number of nitrogens with zero attached hydrogens (tertiary/aromatic N) is 2. The number of hydrogen-bond donors (Lipinski definition) is 0. The first-order chi connectivity index (χ1) is 14.4. The van der Waals surface area contributed by atoms with E-state index in [1.165, 1.54) is 4.90 Å². The van der Waals surface area contributed by atoms with Crippen molar-refractivity contribution in [3.63, 3.8) is 0 Å². The number of rotatable bonds is 8. The minimum absolute atomic E-state index is 0.0637.